The average Bonchev–Trinajstić information content (AvgIpc) is 2.69. The van der Waals surface area contributed by atoms with E-state index in [4.69, 9.17) is 4.74 Å². The van der Waals surface area contributed by atoms with Gasteiger partial charge in [0, 0.05) is 5.39 Å². The van der Waals surface area contributed by atoms with Gasteiger partial charge in [-0.1, -0.05) is 24.3 Å². The number of pyridine rings is 1. The van der Waals surface area contributed by atoms with Crippen LogP contribution in [0.4, 0.5) is 4.79 Å². The third kappa shape index (κ3) is 3.15. The predicted molar refractivity (Wildman–Crippen MR) is 107 cm³/mol. The summed E-state index contributed by atoms with van der Waals surface area (Å²) in [6, 6.07) is 11.0. The van der Waals surface area contributed by atoms with Gasteiger partial charge in [0.2, 0.25) is 0 Å². The quantitative estimate of drug-likeness (QED) is 0.816. The number of hydrogen-bond donors (Lipinski definition) is 2. The normalized spacial score (nSPS) is 32.0. The van der Waals surface area contributed by atoms with Crippen molar-refractivity contribution in [3.05, 3.63) is 42.1 Å². The molecule has 2 N–H and O–H groups in total. The van der Waals surface area contributed by atoms with Gasteiger partial charge in [-0.05, 0) is 74.8 Å². The summed E-state index contributed by atoms with van der Waals surface area (Å²) in [4.78, 5) is 29.4. The van der Waals surface area contributed by atoms with Gasteiger partial charge < -0.3 is 15.2 Å². The van der Waals surface area contributed by atoms with Gasteiger partial charge in [-0.2, -0.15) is 0 Å². The highest BCUT2D eigenvalue weighted by atomic mass is 16.6. The Bertz CT molecular complexity index is 946. The molecule has 0 radical (unpaired) electrons. The van der Waals surface area contributed by atoms with Gasteiger partial charge in [0.1, 0.15) is 6.10 Å². The van der Waals surface area contributed by atoms with Crippen molar-refractivity contribution in [2.45, 2.75) is 50.7 Å². The van der Waals surface area contributed by atoms with Crippen LogP contribution in [0.5, 0.6) is 0 Å². The van der Waals surface area contributed by atoms with Crippen molar-refractivity contribution in [3.63, 3.8) is 0 Å². The maximum Gasteiger partial charge on any atom is 0.408 e. The molecule has 6 heteroatoms. The molecule has 4 aliphatic carbocycles. The molecule has 6 nitrogen and oxygen atoms in total. The van der Waals surface area contributed by atoms with Crippen LogP contribution in [0.3, 0.4) is 0 Å². The fourth-order valence-electron chi connectivity index (χ4n) is 6.00. The molecule has 4 fully saturated rings. The minimum atomic E-state index is -1.66. The zero-order chi connectivity index (χ0) is 20.2. The van der Waals surface area contributed by atoms with E-state index in [1.807, 2.05) is 30.3 Å². The lowest BCUT2D eigenvalue weighted by Gasteiger charge is -2.53. The van der Waals surface area contributed by atoms with Crippen LogP contribution in [0.2, 0.25) is 0 Å². The molecule has 29 heavy (non-hydrogen) atoms. The first-order chi connectivity index (χ1) is 13.9. The zero-order valence-corrected chi connectivity index (χ0v) is 16.5. The van der Waals surface area contributed by atoms with Crippen molar-refractivity contribution in [2.24, 2.45) is 23.7 Å². The molecule has 4 bridgehead atoms. The largest absolute Gasteiger partial charge is 0.479 e. The molecular formula is C23H26N2O4. The molecule has 4 aliphatic rings. The highest BCUT2D eigenvalue weighted by molar-refractivity contribution is 5.86. The number of carboxylic acids is 1. The number of aromatic nitrogens is 1. The minimum absolute atomic E-state index is 0.0922. The lowest BCUT2D eigenvalue weighted by Crippen LogP contribution is -2.54. The molecule has 6 rings (SSSR count). The van der Waals surface area contributed by atoms with E-state index in [0.717, 1.165) is 42.9 Å². The first kappa shape index (κ1) is 18.4. The van der Waals surface area contributed by atoms with Crippen molar-refractivity contribution < 1.29 is 19.4 Å². The summed E-state index contributed by atoms with van der Waals surface area (Å²) in [7, 11) is 0. The van der Waals surface area contributed by atoms with Gasteiger partial charge in [0.05, 0.1) is 11.2 Å². The van der Waals surface area contributed by atoms with Crippen LogP contribution in [0.1, 0.15) is 44.7 Å². The van der Waals surface area contributed by atoms with Crippen LogP contribution in [0, 0.1) is 23.7 Å². The molecule has 1 atom stereocenters. The Balaban J connectivity index is 1.36. The number of aliphatic carboxylic acids is 1. The van der Waals surface area contributed by atoms with Crippen molar-refractivity contribution in [1.82, 2.24) is 10.3 Å². The van der Waals surface area contributed by atoms with Crippen LogP contribution in [-0.2, 0) is 15.1 Å². The number of ether oxygens (including phenoxy) is 1. The van der Waals surface area contributed by atoms with E-state index in [9.17, 15) is 14.7 Å². The predicted octanol–water partition coefficient (Wildman–Crippen LogP) is 4.09. The minimum Gasteiger partial charge on any atom is -0.479 e. The van der Waals surface area contributed by atoms with Gasteiger partial charge in [-0.25, -0.2) is 14.6 Å². The smallest absolute Gasteiger partial charge is 0.408 e. The summed E-state index contributed by atoms with van der Waals surface area (Å²) in [5.41, 5.74) is -0.688. The maximum absolute atomic E-state index is 12.8. The van der Waals surface area contributed by atoms with Gasteiger partial charge in [-0.3, -0.25) is 0 Å². The van der Waals surface area contributed by atoms with Crippen molar-refractivity contribution in [3.8, 4) is 0 Å². The Morgan fingerprint density at radius 1 is 1.03 bits per heavy atom. The second kappa shape index (κ2) is 6.71. The Morgan fingerprint density at radius 2 is 1.69 bits per heavy atom. The molecule has 1 amide bonds. The summed E-state index contributed by atoms with van der Waals surface area (Å²) >= 11 is 0. The number of amides is 1. The molecule has 2 aromatic rings. The first-order valence-electron chi connectivity index (χ1n) is 10.5. The van der Waals surface area contributed by atoms with Crippen LogP contribution in [0.25, 0.3) is 10.9 Å². The zero-order valence-electron chi connectivity index (χ0n) is 16.5. The van der Waals surface area contributed by atoms with E-state index in [1.165, 1.54) is 13.3 Å². The van der Waals surface area contributed by atoms with E-state index in [-0.39, 0.29) is 11.8 Å². The highest BCUT2D eigenvalue weighted by Crippen LogP contribution is 2.54. The molecule has 4 saturated carbocycles. The van der Waals surface area contributed by atoms with E-state index in [0.29, 0.717) is 17.4 Å². The Labute approximate surface area is 169 Å². The molecule has 1 heterocycles. The van der Waals surface area contributed by atoms with Crippen LogP contribution < -0.4 is 5.32 Å². The van der Waals surface area contributed by atoms with E-state index in [2.05, 4.69) is 10.3 Å². The summed E-state index contributed by atoms with van der Waals surface area (Å²) < 4.78 is 5.84. The molecule has 0 saturated heterocycles. The number of alkyl carbamates (subject to hydrolysis) is 1. The summed E-state index contributed by atoms with van der Waals surface area (Å²) in [6.45, 7) is 1.46. The van der Waals surface area contributed by atoms with Gasteiger partial charge in [0.15, 0.2) is 5.54 Å². The third-order valence-corrected chi connectivity index (χ3v) is 7.27. The molecule has 0 aliphatic heterocycles. The maximum atomic E-state index is 12.8. The average molecular weight is 394 g/mol. The fraction of sp³-hybridized carbons (Fsp3) is 0.522. The lowest BCUT2D eigenvalue weighted by molar-refractivity contribution is -0.145. The molecule has 1 aromatic heterocycles. The number of carboxylic acid groups (broad SMARTS) is 1. The topological polar surface area (TPSA) is 88.5 Å². The van der Waals surface area contributed by atoms with E-state index in [1.54, 1.807) is 6.07 Å². The van der Waals surface area contributed by atoms with Crippen molar-refractivity contribution in [1.29, 1.82) is 0 Å². The van der Waals surface area contributed by atoms with Gasteiger partial charge in [0.25, 0.3) is 0 Å². The number of para-hydroxylation sites is 1. The lowest BCUT2D eigenvalue weighted by atomic mass is 9.55. The van der Waals surface area contributed by atoms with Crippen molar-refractivity contribution in [2.75, 3.05) is 0 Å². The second-order valence-corrected chi connectivity index (χ2v) is 9.24. The molecule has 152 valence electrons. The Kier molecular flexibility index (Phi) is 4.26. The number of nitrogens with zero attached hydrogens (tertiary/aromatic N) is 1. The molecule has 1 unspecified atom stereocenters. The van der Waals surface area contributed by atoms with E-state index >= 15 is 0 Å². The third-order valence-electron chi connectivity index (χ3n) is 7.27. The fourth-order valence-corrected chi connectivity index (χ4v) is 6.00. The Morgan fingerprint density at radius 3 is 2.34 bits per heavy atom. The van der Waals surface area contributed by atoms with Crippen LogP contribution in [-0.4, -0.2) is 28.3 Å². The summed E-state index contributed by atoms with van der Waals surface area (Å²) in [6.07, 6.45) is 5.10. The summed E-state index contributed by atoms with van der Waals surface area (Å²) in [5, 5.41) is 13.4. The first-order valence-corrected chi connectivity index (χ1v) is 10.5. The number of carbonyl (C=O) groups excluding carboxylic acids is 1. The number of carbonyl (C=O) groups is 2. The van der Waals surface area contributed by atoms with Gasteiger partial charge >= 0.3 is 12.1 Å². The van der Waals surface area contributed by atoms with E-state index < -0.39 is 17.6 Å². The number of hydrogen-bond acceptors (Lipinski definition) is 4. The molecule has 1 aromatic carbocycles. The van der Waals surface area contributed by atoms with Crippen LogP contribution >= 0.6 is 0 Å². The SMILES string of the molecule is CC(NC(=O)OC1C2CC3CC(C2)CC1C3)(C(=O)O)c1ccc2ccccc2n1. The number of rotatable bonds is 4. The summed E-state index contributed by atoms with van der Waals surface area (Å²) in [5.74, 6) is 1.25. The monoisotopic (exact) mass is 394 g/mol. The van der Waals surface area contributed by atoms with Crippen molar-refractivity contribution >= 4 is 23.0 Å². The number of fused-ring (bicyclic) bond motifs is 1. The Hall–Kier alpha value is -2.63. The molecular weight excluding hydrogens is 368 g/mol. The van der Waals surface area contributed by atoms with Gasteiger partial charge in [-0.15, -0.1) is 0 Å². The number of nitrogens with one attached hydrogen (secondary N) is 1. The number of benzene rings is 1. The molecule has 0 spiro atoms. The second-order valence-electron chi connectivity index (χ2n) is 9.24. The van der Waals surface area contributed by atoms with Crippen LogP contribution in [0.15, 0.2) is 36.4 Å². The highest BCUT2D eigenvalue weighted by Gasteiger charge is 2.50. The standard InChI is InChI=1S/C23H26N2O4/c1-23(21(26)27,19-7-6-15-4-2-3-5-18(15)24-19)25-22(28)29-20-16-9-13-8-14(11-16)12-17(20)10-13/h2-7,13-14,16-17,20H,8-12H2,1H3,(H,25,28)(H,26,27).